The summed E-state index contributed by atoms with van der Waals surface area (Å²) in [7, 11) is 3.13. The molecule has 1 aromatic carbocycles. The van der Waals surface area contributed by atoms with Crippen LogP contribution in [0.2, 0.25) is 0 Å². The van der Waals surface area contributed by atoms with Crippen molar-refractivity contribution in [1.82, 2.24) is 4.90 Å². The van der Waals surface area contributed by atoms with Gasteiger partial charge in [-0.15, -0.1) is 0 Å². The molecule has 0 aromatic heterocycles. The number of nitrogens with zero attached hydrogens (tertiary/aromatic N) is 1. The van der Waals surface area contributed by atoms with Crippen molar-refractivity contribution in [1.29, 1.82) is 0 Å². The predicted molar refractivity (Wildman–Crippen MR) is 83.3 cm³/mol. The van der Waals surface area contributed by atoms with E-state index >= 15 is 0 Å². The zero-order valence-electron chi connectivity index (χ0n) is 13.9. The van der Waals surface area contributed by atoms with E-state index in [1.807, 2.05) is 6.07 Å². The Morgan fingerprint density at radius 1 is 1.23 bits per heavy atom. The minimum absolute atomic E-state index is 0.141. The number of ether oxygens (including phenoxy) is 3. The third-order valence-electron chi connectivity index (χ3n) is 2.88. The number of carbonyl (C=O) groups excluding carboxylic acids is 1. The van der Waals surface area contributed by atoms with Crippen LogP contribution >= 0.6 is 0 Å². The monoisotopic (exact) mass is 311 g/mol. The summed E-state index contributed by atoms with van der Waals surface area (Å²) in [6.45, 7) is 5.73. The average molecular weight is 311 g/mol. The van der Waals surface area contributed by atoms with Crippen LogP contribution in [0.1, 0.15) is 26.3 Å². The zero-order valence-corrected chi connectivity index (χ0v) is 13.9. The maximum Gasteiger partial charge on any atom is 0.410 e. The Morgan fingerprint density at radius 2 is 1.91 bits per heavy atom. The summed E-state index contributed by atoms with van der Waals surface area (Å²) in [6, 6.07) is 5.37. The normalized spacial score (nSPS) is 11.0. The van der Waals surface area contributed by atoms with Crippen LogP contribution in [-0.2, 0) is 11.3 Å². The summed E-state index contributed by atoms with van der Waals surface area (Å²) in [5, 5.41) is 9.17. The molecule has 0 aliphatic carbocycles. The molecule has 0 aliphatic heterocycles. The van der Waals surface area contributed by atoms with Gasteiger partial charge in [0.05, 0.1) is 27.4 Å². The van der Waals surface area contributed by atoms with Crippen molar-refractivity contribution in [2.24, 2.45) is 0 Å². The van der Waals surface area contributed by atoms with E-state index in [4.69, 9.17) is 19.3 Å². The minimum Gasteiger partial charge on any atom is -0.497 e. The quantitative estimate of drug-likeness (QED) is 0.874. The van der Waals surface area contributed by atoms with Gasteiger partial charge in [0.2, 0.25) is 0 Å². The molecule has 1 aromatic rings. The van der Waals surface area contributed by atoms with Gasteiger partial charge in [-0.1, -0.05) is 0 Å². The van der Waals surface area contributed by atoms with Crippen LogP contribution in [0.3, 0.4) is 0 Å². The Labute approximate surface area is 131 Å². The van der Waals surface area contributed by atoms with Crippen LogP contribution in [0.5, 0.6) is 11.5 Å². The van der Waals surface area contributed by atoms with Crippen molar-refractivity contribution in [3.05, 3.63) is 23.8 Å². The van der Waals surface area contributed by atoms with Gasteiger partial charge >= 0.3 is 6.09 Å². The Morgan fingerprint density at radius 3 is 2.41 bits per heavy atom. The number of amides is 1. The van der Waals surface area contributed by atoms with E-state index in [1.165, 1.54) is 4.90 Å². The molecule has 0 fully saturated rings. The Hall–Kier alpha value is -1.95. The molecule has 0 aliphatic rings. The second-order valence-corrected chi connectivity index (χ2v) is 5.80. The number of aliphatic hydroxyl groups excluding tert-OH is 1. The summed E-state index contributed by atoms with van der Waals surface area (Å²) in [6.07, 6.45) is -0.473. The first kappa shape index (κ1) is 18.1. The summed E-state index contributed by atoms with van der Waals surface area (Å²) < 4.78 is 15.8. The SMILES string of the molecule is COc1ccc(CN(CCO)C(=O)OC(C)(C)C)c(OC)c1. The smallest absolute Gasteiger partial charge is 0.410 e. The number of aliphatic hydroxyl groups is 1. The largest absolute Gasteiger partial charge is 0.497 e. The lowest BCUT2D eigenvalue weighted by atomic mass is 10.1. The van der Waals surface area contributed by atoms with Gasteiger partial charge in [-0.3, -0.25) is 0 Å². The van der Waals surface area contributed by atoms with Crippen molar-refractivity contribution in [2.75, 3.05) is 27.4 Å². The van der Waals surface area contributed by atoms with Gasteiger partial charge in [0, 0.05) is 18.2 Å². The first-order valence-corrected chi connectivity index (χ1v) is 7.10. The second kappa shape index (κ2) is 7.89. The van der Waals surface area contributed by atoms with Crippen molar-refractivity contribution in [3.63, 3.8) is 0 Å². The van der Waals surface area contributed by atoms with Gasteiger partial charge < -0.3 is 24.2 Å². The van der Waals surface area contributed by atoms with Crippen LogP contribution in [0.25, 0.3) is 0 Å². The first-order chi connectivity index (χ1) is 10.3. The molecule has 0 unspecified atom stereocenters. The number of carbonyl (C=O) groups is 1. The maximum absolute atomic E-state index is 12.2. The standard InChI is InChI=1S/C16H25NO5/c1-16(2,3)22-15(19)17(8-9-18)11-12-6-7-13(20-4)10-14(12)21-5/h6-7,10,18H,8-9,11H2,1-5H3. The molecule has 0 bridgehead atoms. The highest BCUT2D eigenvalue weighted by atomic mass is 16.6. The Bertz CT molecular complexity index is 496. The van der Waals surface area contributed by atoms with E-state index in [9.17, 15) is 4.79 Å². The summed E-state index contributed by atoms with van der Waals surface area (Å²) in [4.78, 5) is 13.6. The number of methoxy groups -OCH3 is 2. The number of hydrogen-bond donors (Lipinski definition) is 1. The Kier molecular flexibility index (Phi) is 6.49. The molecular weight excluding hydrogens is 286 g/mol. The fourth-order valence-corrected chi connectivity index (χ4v) is 1.87. The molecule has 0 spiro atoms. The zero-order chi connectivity index (χ0) is 16.8. The molecule has 22 heavy (non-hydrogen) atoms. The molecular formula is C16H25NO5. The summed E-state index contributed by atoms with van der Waals surface area (Å²) in [5.41, 5.74) is 0.219. The number of benzene rings is 1. The van der Waals surface area contributed by atoms with Gasteiger partial charge in [0.25, 0.3) is 0 Å². The van der Waals surface area contributed by atoms with Crippen LogP contribution < -0.4 is 9.47 Å². The van der Waals surface area contributed by atoms with Crippen LogP contribution in [0.4, 0.5) is 4.79 Å². The molecule has 1 rings (SSSR count). The maximum atomic E-state index is 12.2. The van der Waals surface area contributed by atoms with E-state index in [2.05, 4.69) is 0 Å². The fourth-order valence-electron chi connectivity index (χ4n) is 1.87. The molecule has 0 heterocycles. The highest BCUT2D eigenvalue weighted by molar-refractivity contribution is 5.68. The van der Waals surface area contributed by atoms with E-state index in [0.717, 1.165) is 5.56 Å². The van der Waals surface area contributed by atoms with Gasteiger partial charge in [0.1, 0.15) is 17.1 Å². The second-order valence-electron chi connectivity index (χ2n) is 5.80. The lowest BCUT2D eigenvalue weighted by molar-refractivity contribution is 0.0200. The van der Waals surface area contributed by atoms with Gasteiger partial charge in [-0.2, -0.15) is 0 Å². The van der Waals surface area contributed by atoms with Gasteiger partial charge in [0.15, 0.2) is 0 Å². The average Bonchev–Trinajstić information content (AvgIpc) is 2.45. The molecule has 0 radical (unpaired) electrons. The van der Waals surface area contributed by atoms with Gasteiger partial charge in [-0.25, -0.2) is 4.79 Å². The lowest BCUT2D eigenvalue weighted by Crippen LogP contribution is -2.38. The lowest BCUT2D eigenvalue weighted by Gasteiger charge is -2.27. The molecule has 0 atom stereocenters. The Balaban J connectivity index is 2.93. The van der Waals surface area contributed by atoms with Crippen LogP contribution in [0.15, 0.2) is 18.2 Å². The third-order valence-corrected chi connectivity index (χ3v) is 2.88. The molecule has 1 amide bonds. The summed E-state index contributed by atoms with van der Waals surface area (Å²) in [5.74, 6) is 1.29. The molecule has 6 heteroatoms. The molecule has 1 N–H and O–H groups in total. The van der Waals surface area contributed by atoms with Crippen LogP contribution in [-0.4, -0.2) is 49.1 Å². The summed E-state index contributed by atoms with van der Waals surface area (Å²) >= 11 is 0. The molecule has 0 saturated heterocycles. The van der Waals surface area contributed by atoms with Crippen molar-refractivity contribution >= 4 is 6.09 Å². The van der Waals surface area contributed by atoms with E-state index in [0.29, 0.717) is 11.5 Å². The fraction of sp³-hybridized carbons (Fsp3) is 0.562. The topological polar surface area (TPSA) is 68.2 Å². The predicted octanol–water partition coefficient (Wildman–Crippen LogP) is 2.43. The molecule has 6 nitrogen and oxygen atoms in total. The van der Waals surface area contributed by atoms with Gasteiger partial charge in [-0.05, 0) is 32.9 Å². The van der Waals surface area contributed by atoms with Crippen molar-refractivity contribution in [2.45, 2.75) is 32.9 Å². The number of hydrogen-bond acceptors (Lipinski definition) is 5. The number of rotatable bonds is 6. The third kappa shape index (κ3) is 5.44. The highest BCUT2D eigenvalue weighted by Gasteiger charge is 2.23. The molecule has 124 valence electrons. The highest BCUT2D eigenvalue weighted by Crippen LogP contribution is 2.26. The van der Waals surface area contributed by atoms with E-state index in [1.54, 1.807) is 47.1 Å². The van der Waals surface area contributed by atoms with E-state index < -0.39 is 11.7 Å². The minimum atomic E-state index is -0.589. The van der Waals surface area contributed by atoms with Crippen molar-refractivity contribution in [3.8, 4) is 11.5 Å². The van der Waals surface area contributed by atoms with Crippen LogP contribution in [0, 0.1) is 0 Å². The first-order valence-electron chi connectivity index (χ1n) is 7.10. The van der Waals surface area contributed by atoms with Crippen molar-refractivity contribution < 1.29 is 24.1 Å². The van der Waals surface area contributed by atoms with E-state index in [-0.39, 0.29) is 19.7 Å². The molecule has 0 saturated carbocycles.